The van der Waals surface area contributed by atoms with E-state index in [0.29, 0.717) is 6.54 Å². The number of aromatic nitrogens is 1. The Balaban J connectivity index is 1.83. The Morgan fingerprint density at radius 3 is 2.31 bits per heavy atom. The number of hydrogen-bond donors (Lipinski definition) is 0. The van der Waals surface area contributed by atoms with Gasteiger partial charge in [-0.25, -0.2) is 12.7 Å². The number of sulfonamides is 1. The van der Waals surface area contributed by atoms with Gasteiger partial charge in [-0.05, 0) is 36.8 Å². The SMILES string of the molecule is C#CCN(C(=O)c1cc2ccccc2n1Cc1ccccc1)S(=O)(=O)c1ccc(C)cc1. The third kappa shape index (κ3) is 4.03. The van der Waals surface area contributed by atoms with Crippen LogP contribution in [0.2, 0.25) is 0 Å². The third-order valence-electron chi connectivity index (χ3n) is 5.28. The first-order valence-electron chi connectivity index (χ1n) is 10.1. The molecule has 3 aromatic carbocycles. The van der Waals surface area contributed by atoms with Crippen LogP contribution in [0.4, 0.5) is 0 Å². The first-order valence-corrected chi connectivity index (χ1v) is 11.6. The number of carbonyl (C=O) groups excluding carboxylic acids is 1. The number of carbonyl (C=O) groups is 1. The summed E-state index contributed by atoms with van der Waals surface area (Å²) in [5.74, 6) is 1.67. The molecule has 5 nitrogen and oxygen atoms in total. The zero-order valence-corrected chi connectivity index (χ0v) is 18.4. The van der Waals surface area contributed by atoms with Gasteiger partial charge in [0.05, 0.1) is 11.4 Å². The van der Waals surface area contributed by atoms with E-state index in [1.54, 1.807) is 18.2 Å². The van der Waals surface area contributed by atoms with Gasteiger partial charge in [0, 0.05) is 17.4 Å². The lowest BCUT2D eigenvalue weighted by Crippen LogP contribution is -2.38. The van der Waals surface area contributed by atoms with Crippen molar-refractivity contribution in [2.24, 2.45) is 0 Å². The van der Waals surface area contributed by atoms with Crippen molar-refractivity contribution in [2.45, 2.75) is 18.4 Å². The van der Waals surface area contributed by atoms with Crippen LogP contribution < -0.4 is 0 Å². The highest BCUT2D eigenvalue weighted by molar-refractivity contribution is 7.89. The van der Waals surface area contributed by atoms with Gasteiger partial charge in [0.2, 0.25) is 0 Å². The molecule has 0 aliphatic rings. The van der Waals surface area contributed by atoms with Gasteiger partial charge in [-0.2, -0.15) is 0 Å². The summed E-state index contributed by atoms with van der Waals surface area (Å²) < 4.78 is 29.3. The number of amides is 1. The van der Waals surface area contributed by atoms with Crippen LogP contribution in [0.15, 0.2) is 89.8 Å². The Bertz CT molecular complexity index is 1410. The molecule has 1 heterocycles. The maximum atomic E-state index is 13.6. The van der Waals surface area contributed by atoms with Crippen molar-refractivity contribution >= 4 is 26.8 Å². The molecule has 0 N–H and O–H groups in total. The van der Waals surface area contributed by atoms with E-state index in [9.17, 15) is 13.2 Å². The minimum absolute atomic E-state index is 0.0254. The maximum Gasteiger partial charge on any atom is 0.285 e. The van der Waals surface area contributed by atoms with Crippen LogP contribution in [0, 0.1) is 19.3 Å². The van der Waals surface area contributed by atoms with E-state index in [1.165, 1.54) is 12.1 Å². The van der Waals surface area contributed by atoms with Crippen molar-refractivity contribution in [1.82, 2.24) is 8.87 Å². The van der Waals surface area contributed by atoms with Crippen LogP contribution >= 0.6 is 0 Å². The standard InChI is InChI=1S/C26H22N2O3S/c1-3-17-28(32(30,31)23-15-13-20(2)14-16-23)26(29)25-18-22-11-7-8-12-24(22)27(25)19-21-9-5-4-6-10-21/h1,4-16,18H,17,19H2,2H3. The number of terminal acetylenes is 1. The van der Waals surface area contributed by atoms with E-state index in [4.69, 9.17) is 6.42 Å². The van der Waals surface area contributed by atoms with E-state index >= 15 is 0 Å². The minimum atomic E-state index is -4.13. The van der Waals surface area contributed by atoms with Gasteiger partial charge in [-0.1, -0.05) is 72.1 Å². The third-order valence-corrected chi connectivity index (χ3v) is 7.03. The molecule has 32 heavy (non-hydrogen) atoms. The van der Waals surface area contributed by atoms with E-state index < -0.39 is 15.9 Å². The lowest BCUT2D eigenvalue weighted by atomic mass is 10.2. The molecule has 0 saturated heterocycles. The van der Waals surface area contributed by atoms with Crippen LogP contribution in [0.1, 0.15) is 21.6 Å². The highest BCUT2D eigenvalue weighted by Crippen LogP contribution is 2.25. The zero-order valence-electron chi connectivity index (χ0n) is 17.6. The zero-order chi connectivity index (χ0) is 22.7. The monoisotopic (exact) mass is 442 g/mol. The van der Waals surface area contributed by atoms with Gasteiger partial charge in [0.15, 0.2) is 0 Å². The molecule has 0 spiro atoms. The van der Waals surface area contributed by atoms with Crippen molar-refractivity contribution < 1.29 is 13.2 Å². The summed E-state index contributed by atoms with van der Waals surface area (Å²) in [7, 11) is -4.13. The smallest absolute Gasteiger partial charge is 0.285 e. The van der Waals surface area contributed by atoms with Crippen molar-refractivity contribution in [1.29, 1.82) is 0 Å². The Morgan fingerprint density at radius 2 is 1.62 bits per heavy atom. The fraction of sp³-hybridized carbons (Fsp3) is 0.115. The molecular weight excluding hydrogens is 420 g/mol. The Kier molecular flexibility index (Phi) is 5.85. The first kappa shape index (κ1) is 21.4. The molecule has 160 valence electrons. The fourth-order valence-electron chi connectivity index (χ4n) is 3.64. The van der Waals surface area contributed by atoms with Gasteiger partial charge >= 0.3 is 0 Å². The molecule has 0 unspecified atom stereocenters. The predicted octanol–water partition coefficient (Wildman–Crippen LogP) is 4.46. The Labute approximate surface area is 188 Å². The molecule has 0 bridgehead atoms. The van der Waals surface area contributed by atoms with Gasteiger partial charge in [0.1, 0.15) is 5.69 Å². The summed E-state index contributed by atoms with van der Waals surface area (Å²) in [6.45, 7) is 1.93. The largest absolute Gasteiger partial charge is 0.332 e. The van der Waals surface area contributed by atoms with E-state index in [2.05, 4.69) is 5.92 Å². The van der Waals surface area contributed by atoms with Gasteiger partial charge < -0.3 is 4.57 Å². The second-order valence-corrected chi connectivity index (χ2v) is 9.36. The molecule has 0 aliphatic carbocycles. The van der Waals surface area contributed by atoms with Crippen molar-refractivity contribution in [3.63, 3.8) is 0 Å². The summed E-state index contributed by atoms with van der Waals surface area (Å²) in [6.07, 6.45) is 5.47. The normalized spacial score (nSPS) is 11.2. The molecule has 6 heteroatoms. The number of nitrogens with zero attached hydrogens (tertiary/aromatic N) is 2. The first-order chi connectivity index (χ1) is 15.4. The lowest BCUT2D eigenvalue weighted by Gasteiger charge is -2.21. The number of hydrogen-bond acceptors (Lipinski definition) is 3. The number of aryl methyl sites for hydroxylation is 1. The molecule has 4 aromatic rings. The Hall–Kier alpha value is -3.82. The van der Waals surface area contributed by atoms with Crippen molar-refractivity contribution in [3.8, 4) is 12.3 Å². The fourth-order valence-corrected chi connectivity index (χ4v) is 4.93. The topological polar surface area (TPSA) is 59.4 Å². The molecule has 0 saturated carbocycles. The van der Waals surface area contributed by atoms with Gasteiger partial charge in [-0.3, -0.25) is 4.79 Å². The highest BCUT2D eigenvalue weighted by Gasteiger charge is 2.31. The van der Waals surface area contributed by atoms with Crippen LogP contribution in [-0.4, -0.2) is 29.7 Å². The highest BCUT2D eigenvalue weighted by atomic mass is 32.2. The van der Waals surface area contributed by atoms with Crippen molar-refractivity contribution in [3.05, 3.63) is 102 Å². The number of benzene rings is 3. The average Bonchev–Trinajstić information content (AvgIpc) is 3.16. The van der Waals surface area contributed by atoms with Crippen LogP contribution in [-0.2, 0) is 16.6 Å². The molecular formula is C26H22N2O3S. The summed E-state index contributed by atoms with van der Waals surface area (Å²) in [6, 6.07) is 25.4. The predicted molar refractivity (Wildman–Crippen MR) is 126 cm³/mol. The number of rotatable bonds is 6. The van der Waals surface area contributed by atoms with E-state index in [0.717, 1.165) is 26.3 Å². The summed E-state index contributed by atoms with van der Waals surface area (Å²) >= 11 is 0. The molecule has 0 radical (unpaired) electrons. The van der Waals surface area contributed by atoms with Crippen LogP contribution in [0.5, 0.6) is 0 Å². The van der Waals surface area contributed by atoms with Crippen molar-refractivity contribution in [2.75, 3.05) is 6.54 Å². The second-order valence-electron chi connectivity index (χ2n) is 7.49. The van der Waals surface area contributed by atoms with Crippen LogP contribution in [0.25, 0.3) is 10.9 Å². The van der Waals surface area contributed by atoms with Crippen LogP contribution in [0.3, 0.4) is 0 Å². The molecule has 4 rings (SSSR count). The number of para-hydroxylation sites is 1. The molecule has 0 atom stereocenters. The minimum Gasteiger partial charge on any atom is -0.332 e. The van der Waals surface area contributed by atoms with Gasteiger partial charge in [0.25, 0.3) is 15.9 Å². The molecule has 0 aliphatic heterocycles. The van der Waals surface area contributed by atoms with E-state index in [-0.39, 0.29) is 17.1 Å². The molecule has 1 aromatic heterocycles. The summed E-state index contributed by atoms with van der Waals surface area (Å²) in [4.78, 5) is 13.7. The molecule has 0 fully saturated rings. The summed E-state index contributed by atoms with van der Waals surface area (Å²) in [5.41, 5.74) is 3.02. The quantitative estimate of drug-likeness (QED) is 0.414. The summed E-state index contributed by atoms with van der Waals surface area (Å²) in [5, 5.41) is 0.847. The van der Waals surface area contributed by atoms with E-state index in [1.807, 2.05) is 66.1 Å². The number of fused-ring (bicyclic) bond motifs is 1. The van der Waals surface area contributed by atoms with Gasteiger partial charge in [-0.15, -0.1) is 6.42 Å². The molecule has 1 amide bonds. The lowest BCUT2D eigenvalue weighted by molar-refractivity contribution is 0.0864. The Morgan fingerprint density at radius 1 is 0.969 bits per heavy atom. The average molecular weight is 443 g/mol. The second kappa shape index (κ2) is 8.74. The maximum absolute atomic E-state index is 13.6.